The molecular formula is C8H9NO4. The molecule has 0 saturated carbocycles. The second-order valence-electron chi connectivity index (χ2n) is 2.25. The molecule has 0 saturated heterocycles. The number of methoxy groups -OCH3 is 1. The van der Waals surface area contributed by atoms with Gasteiger partial charge in [0.1, 0.15) is 5.75 Å². The molecule has 0 aliphatic heterocycles. The molecule has 1 amide bonds. The van der Waals surface area contributed by atoms with Crippen molar-refractivity contribution in [2.45, 2.75) is 0 Å². The number of benzene rings is 1. The van der Waals surface area contributed by atoms with Crippen molar-refractivity contribution in [3.05, 3.63) is 18.2 Å². The molecule has 0 aromatic heterocycles. The van der Waals surface area contributed by atoms with Gasteiger partial charge in [0.05, 0.1) is 7.11 Å². The van der Waals surface area contributed by atoms with Gasteiger partial charge >= 0.3 is 6.09 Å². The summed E-state index contributed by atoms with van der Waals surface area (Å²) in [6, 6.07) is 4.17. The van der Waals surface area contributed by atoms with Gasteiger partial charge < -0.3 is 20.3 Å². The molecule has 0 bridgehead atoms. The lowest BCUT2D eigenvalue weighted by molar-refractivity contribution is 0.210. The molecular weight excluding hydrogens is 174 g/mol. The zero-order chi connectivity index (χ0) is 9.84. The number of amides is 1. The summed E-state index contributed by atoms with van der Waals surface area (Å²) in [5, 5.41) is 9.25. The average Bonchev–Trinajstić information content (AvgIpc) is 2.03. The van der Waals surface area contributed by atoms with E-state index in [1.54, 1.807) is 0 Å². The van der Waals surface area contributed by atoms with Crippen LogP contribution in [0.15, 0.2) is 18.2 Å². The summed E-state index contributed by atoms with van der Waals surface area (Å²) < 4.78 is 9.30. The molecule has 1 aromatic rings. The predicted molar refractivity (Wildman–Crippen MR) is 44.9 cm³/mol. The summed E-state index contributed by atoms with van der Waals surface area (Å²) in [5.41, 5.74) is 4.77. The number of carbonyl (C=O) groups excluding carboxylic acids is 1. The minimum Gasteiger partial charge on any atom is -0.504 e. The van der Waals surface area contributed by atoms with E-state index in [0.717, 1.165) is 0 Å². The van der Waals surface area contributed by atoms with Gasteiger partial charge in [0, 0.05) is 6.07 Å². The number of aromatic hydroxyl groups is 1. The molecule has 0 radical (unpaired) electrons. The first kappa shape index (κ1) is 9.18. The Morgan fingerprint density at radius 2 is 2.23 bits per heavy atom. The molecule has 1 rings (SSSR count). The lowest BCUT2D eigenvalue weighted by atomic mass is 10.3. The topological polar surface area (TPSA) is 81.8 Å². The van der Waals surface area contributed by atoms with E-state index in [-0.39, 0.29) is 11.5 Å². The second kappa shape index (κ2) is 3.66. The van der Waals surface area contributed by atoms with E-state index in [1.807, 2.05) is 0 Å². The molecule has 0 unspecified atom stereocenters. The van der Waals surface area contributed by atoms with Crippen molar-refractivity contribution >= 4 is 6.09 Å². The summed E-state index contributed by atoms with van der Waals surface area (Å²) >= 11 is 0. The fraction of sp³-hybridized carbons (Fsp3) is 0.125. The minimum atomic E-state index is -0.926. The predicted octanol–water partition coefficient (Wildman–Crippen LogP) is 0.858. The Balaban J connectivity index is 2.89. The molecule has 0 aliphatic rings. The quantitative estimate of drug-likeness (QED) is 0.712. The minimum absolute atomic E-state index is 0.110. The molecule has 70 valence electrons. The number of primary amides is 1. The van der Waals surface area contributed by atoms with E-state index in [0.29, 0.717) is 5.75 Å². The van der Waals surface area contributed by atoms with E-state index in [1.165, 1.54) is 25.3 Å². The molecule has 0 fully saturated rings. The SMILES string of the molecule is COc1ccc(OC(N)=O)cc1O. The van der Waals surface area contributed by atoms with E-state index < -0.39 is 6.09 Å². The van der Waals surface area contributed by atoms with Crippen LogP contribution >= 0.6 is 0 Å². The van der Waals surface area contributed by atoms with Crippen LogP contribution in [0.2, 0.25) is 0 Å². The van der Waals surface area contributed by atoms with Gasteiger partial charge in [-0.2, -0.15) is 0 Å². The van der Waals surface area contributed by atoms with Crippen molar-refractivity contribution in [1.29, 1.82) is 0 Å². The van der Waals surface area contributed by atoms with Gasteiger partial charge in [0.25, 0.3) is 0 Å². The Kier molecular flexibility index (Phi) is 2.59. The van der Waals surface area contributed by atoms with E-state index >= 15 is 0 Å². The van der Waals surface area contributed by atoms with Crippen molar-refractivity contribution in [2.75, 3.05) is 7.11 Å². The first-order valence-corrected chi connectivity index (χ1v) is 3.48. The number of phenolic OH excluding ortho intramolecular Hbond substituents is 1. The standard InChI is InChI=1S/C8H9NO4/c1-12-7-3-2-5(4-6(7)10)13-8(9)11/h2-4,10H,1H3,(H2,9,11). The second-order valence-corrected chi connectivity index (χ2v) is 2.25. The van der Waals surface area contributed by atoms with Crippen LogP contribution in [-0.2, 0) is 0 Å². The number of nitrogens with two attached hydrogens (primary N) is 1. The number of ether oxygens (including phenoxy) is 2. The fourth-order valence-electron chi connectivity index (χ4n) is 0.849. The van der Waals surface area contributed by atoms with Crippen LogP contribution in [0.5, 0.6) is 17.2 Å². The first-order chi connectivity index (χ1) is 6.13. The molecule has 3 N–H and O–H groups in total. The fourth-order valence-corrected chi connectivity index (χ4v) is 0.849. The van der Waals surface area contributed by atoms with E-state index in [9.17, 15) is 9.90 Å². The molecule has 0 aliphatic carbocycles. The highest BCUT2D eigenvalue weighted by molar-refractivity contribution is 5.68. The number of hydrogen-bond acceptors (Lipinski definition) is 4. The molecule has 0 spiro atoms. The third-order valence-corrected chi connectivity index (χ3v) is 1.37. The highest BCUT2D eigenvalue weighted by atomic mass is 16.5. The van der Waals surface area contributed by atoms with Crippen LogP contribution < -0.4 is 15.2 Å². The molecule has 0 atom stereocenters. The van der Waals surface area contributed by atoms with Gasteiger partial charge in [-0.05, 0) is 12.1 Å². The number of carbonyl (C=O) groups is 1. The van der Waals surface area contributed by atoms with Crippen LogP contribution in [-0.4, -0.2) is 18.3 Å². The van der Waals surface area contributed by atoms with Crippen molar-refractivity contribution in [2.24, 2.45) is 5.73 Å². The third kappa shape index (κ3) is 2.26. The average molecular weight is 183 g/mol. The van der Waals surface area contributed by atoms with Crippen molar-refractivity contribution < 1.29 is 19.4 Å². The summed E-state index contributed by atoms with van der Waals surface area (Å²) in [6.45, 7) is 0. The lowest BCUT2D eigenvalue weighted by Gasteiger charge is -2.04. The monoisotopic (exact) mass is 183 g/mol. The van der Waals surface area contributed by atoms with Crippen LogP contribution in [0.3, 0.4) is 0 Å². The Labute approximate surface area is 74.7 Å². The van der Waals surface area contributed by atoms with E-state index in [4.69, 9.17) is 10.5 Å². The zero-order valence-corrected chi connectivity index (χ0v) is 6.98. The Morgan fingerprint density at radius 1 is 1.54 bits per heavy atom. The molecule has 5 heteroatoms. The van der Waals surface area contributed by atoms with Crippen LogP contribution in [0.4, 0.5) is 4.79 Å². The summed E-state index contributed by atoms with van der Waals surface area (Å²) in [5.74, 6) is 0.365. The van der Waals surface area contributed by atoms with Crippen molar-refractivity contribution in [3.8, 4) is 17.2 Å². The lowest BCUT2D eigenvalue weighted by Crippen LogP contribution is -2.16. The summed E-state index contributed by atoms with van der Waals surface area (Å²) in [7, 11) is 1.42. The van der Waals surface area contributed by atoms with Gasteiger partial charge in [-0.15, -0.1) is 0 Å². The Bertz CT molecular complexity index is 324. The maximum absolute atomic E-state index is 10.3. The first-order valence-electron chi connectivity index (χ1n) is 3.48. The van der Waals surface area contributed by atoms with Gasteiger partial charge in [0.15, 0.2) is 11.5 Å². The highest BCUT2D eigenvalue weighted by Gasteiger charge is 2.04. The highest BCUT2D eigenvalue weighted by Crippen LogP contribution is 2.29. The van der Waals surface area contributed by atoms with Crippen LogP contribution in [0.25, 0.3) is 0 Å². The number of phenols is 1. The molecule has 0 heterocycles. The van der Waals surface area contributed by atoms with Crippen LogP contribution in [0, 0.1) is 0 Å². The summed E-state index contributed by atoms with van der Waals surface area (Å²) in [4.78, 5) is 10.3. The Morgan fingerprint density at radius 3 is 2.69 bits per heavy atom. The van der Waals surface area contributed by atoms with Gasteiger partial charge in [-0.25, -0.2) is 4.79 Å². The Hall–Kier alpha value is -1.91. The smallest absolute Gasteiger partial charge is 0.409 e. The molecule has 1 aromatic carbocycles. The van der Waals surface area contributed by atoms with Crippen molar-refractivity contribution in [3.63, 3.8) is 0 Å². The normalized spacial score (nSPS) is 9.31. The van der Waals surface area contributed by atoms with E-state index in [2.05, 4.69) is 4.74 Å². The van der Waals surface area contributed by atoms with Gasteiger partial charge in [0.2, 0.25) is 0 Å². The van der Waals surface area contributed by atoms with Crippen LogP contribution in [0.1, 0.15) is 0 Å². The zero-order valence-electron chi connectivity index (χ0n) is 6.98. The maximum atomic E-state index is 10.3. The maximum Gasteiger partial charge on any atom is 0.409 e. The molecule has 13 heavy (non-hydrogen) atoms. The largest absolute Gasteiger partial charge is 0.504 e. The van der Waals surface area contributed by atoms with Gasteiger partial charge in [-0.3, -0.25) is 0 Å². The molecule has 5 nitrogen and oxygen atoms in total. The van der Waals surface area contributed by atoms with Gasteiger partial charge in [-0.1, -0.05) is 0 Å². The van der Waals surface area contributed by atoms with Crippen molar-refractivity contribution in [1.82, 2.24) is 0 Å². The number of rotatable bonds is 2. The third-order valence-electron chi connectivity index (χ3n) is 1.37. The summed E-state index contributed by atoms with van der Waals surface area (Å²) in [6.07, 6.45) is -0.926. The number of hydrogen-bond donors (Lipinski definition) is 2.